The van der Waals surface area contributed by atoms with Gasteiger partial charge < -0.3 is 4.48 Å². The van der Waals surface area contributed by atoms with E-state index < -0.39 is 0 Å². The molecule has 0 atom stereocenters. The molecule has 1 nitrogen and oxygen atoms in total. The van der Waals surface area contributed by atoms with Gasteiger partial charge >= 0.3 is 0 Å². The third-order valence-electron chi connectivity index (χ3n) is 9.23. The monoisotopic (exact) mass is 631 g/mol. The van der Waals surface area contributed by atoms with Gasteiger partial charge in [-0.05, 0) is 25.7 Å². The maximum atomic E-state index is 2.47. The summed E-state index contributed by atoms with van der Waals surface area (Å²) >= 11 is 0. The fourth-order valence-corrected chi connectivity index (χ4v) is 6.29. The number of halogens is 1. The standard InChI is InChI=1S/C38H80N.BrH/c1-5-7-9-11-13-15-17-19-21-23-25-27-29-31-33-35-37-39(3,4)38-36-34-32-30-28-26-24-22-20-18-16-14-12-10-8-6-2;/h5-38H2,1-4H3;1H/q+1;. The van der Waals surface area contributed by atoms with Crippen molar-refractivity contribution in [3.63, 3.8) is 0 Å². The zero-order valence-electron chi connectivity index (χ0n) is 28.9. The van der Waals surface area contributed by atoms with E-state index in [9.17, 15) is 0 Å². The summed E-state index contributed by atoms with van der Waals surface area (Å²) in [7, 11) is 4.94. The summed E-state index contributed by atoms with van der Waals surface area (Å²) in [4.78, 5) is 0. The van der Waals surface area contributed by atoms with E-state index in [-0.39, 0.29) is 17.0 Å². The van der Waals surface area contributed by atoms with Crippen molar-refractivity contribution in [2.75, 3.05) is 27.2 Å². The van der Waals surface area contributed by atoms with Crippen molar-refractivity contribution in [2.24, 2.45) is 0 Å². The Morgan fingerprint density at radius 3 is 0.575 bits per heavy atom. The Bertz CT molecular complexity index is 397. The summed E-state index contributed by atoms with van der Waals surface area (Å²) in [5.41, 5.74) is 0. The first-order chi connectivity index (χ1) is 19.1. The van der Waals surface area contributed by atoms with Crippen molar-refractivity contribution in [2.45, 2.75) is 219 Å². The van der Waals surface area contributed by atoms with Crippen LogP contribution in [-0.2, 0) is 0 Å². The maximum absolute atomic E-state index is 2.47. The second-order valence-electron chi connectivity index (χ2n) is 14.0. The Morgan fingerprint density at radius 1 is 0.250 bits per heavy atom. The van der Waals surface area contributed by atoms with Crippen LogP contribution in [0.5, 0.6) is 0 Å². The van der Waals surface area contributed by atoms with Crippen LogP contribution in [0.15, 0.2) is 0 Å². The number of unbranched alkanes of at least 4 members (excludes halogenated alkanes) is 30. The van der Waals surface area contributed by atoms with Crippen LogP contribution in [0.1, 0.15) is 219 Å². The van der Waals surface area contributed by atoms with E-state index in [0.29, 0.717) is 0 Å². The largest absolute Gasteiger partial charge is 0.328 e. The Morgan fingerprint density at radius 2 is 0.400 bits per heavy atom. The van der Waals surface area contributed by atoms with Gasteiger partial charge in [0.05, 0.1) is 27.2 Å². The molecule has 0 amide bonds. The smallest absolute Gasteiger partial charge is 0.0782 e. The zero-order chi connectivity index (χ0) is 28.5. The van der Waals surface area contributed by atoms with Gasteiger partial charge in [0.1, 0.15) is 0 Å². The molecular weight excluding hydrogens is 550 g/mol. The molecule has 0 radical (unpaired) electrons. The van der Waals surface area contributed by atoms with Crippen molar-refractivity contribution >= 4 is 17.0 Å². The fraction of sp³-hybridized carbons (Fsp3) is 1.00. The third-order valence-corrected chi connectivity index (χ3v) is 9.23. The van der Waals surface area contributed by atoms with Gasteiger partial charge in [-0.15, -0.1) is 17.0 Å². The minimum Gasteiger partial charge on any atom is -0.328 e. The van der Waals surface area contributed by atoms with Gasteiger partial charge in [-0.3, -0.25) is 0 Å². The average molecular weight is 632 g/mol. The molecule has 0 spiro atoms. The molecule has 2 heteroatoms. The average Bonchev–Trinajstić information content (AvgIpc) is 2.92. The van der Waals surface area contributed by atoms with Gasteiger partial charge in [0.25, 0.3) is 0 Å². The highest BCUT2D eigenvalue weighted by molar-refractivity contribution is 8.93. The first-order valence-corrected chi connectivity index (χ1v) is 18.9. The third kappa shape index (κ3) is 36.5. The van der Waals surface area contributed by atoms with Gasteiger partial charge in [0.2, 0.25) is 0 Å². The van der Waals surface area contributed by atoms with Gasteiger partial charge in [-0.2, -0.15) is 0 Å². The summed E-state index contributed by atoms with van der Waals surface area (Å²) in [6.45, 7) is 7.39. The lowest BCUT2D eigenvalue weighted by atomic mass is 10.0. The van der Waals surface area contributed by atoms with E-state index in [1.54, 1.807) is 0 Å². The highest BCUT2D eigenvalue weighted by atomic mass is 79.9. The normalized spacial score (nSPS) is 11.7. The van der Waals surface area contributed by atoms with Gasteiger partial charge in [0, 0.05) is 0 Å². The van der Waals surface area contributed by atoms with Crippen LogP contribution in [0.2, 0.25) is 0 Å². The Kier molecular flexibility index (Phi) is 37.9. The summed E-state index contributed by atoms with van der Waals surface area (Å²) in [6, 6.07) is 0. The van der Waals surface area contributed by atoms with Crippen LogP contribution >= 0.6 is 17.0 Å². The molecule has 0 fully saturated rings. The van der Waals surface area contributed by atoms with E-state index >= 15 is 0 Å². The van der Waals surface area contributed by atoms with Gasteiger partial charge in [-0.25, -0.2) is 0 Å². The molecule has 40 heavy (non-hydrogen) atoms. The number of hydrogen-bond donors (Lipinski definition) is 0. The minimum atomic E-state index is 0. The van der Waals surface area contributed by atoms with Crippen LogP contribution < -0.4 is 0 Å². The molecule has 0 aliphatic rings. The maximum Gasteiger partial charge on any atom is 0.0782 e. The lowest BCUT2D eigenvalue weighted by Gasteiger charge is -2.30. The summed E-state index contributed by atoms with van der Waals surface area (Å²) in [5.74, 6) is 0. The topological polar surface area (TPSA) is 0 Å². The molecule has 244 valence electrons. The number of hydrogen-bond acceptors (Lipinski definition) is 0. The van der Waals surface area contributed by atoms with E-state index in [0.717, 1.165) is 0 Å². The molecule has 0 aromatic rings. The zero-order valence-corrected chi connectivity index (χ0v) is 30.6. The molecule has 0 aromatic heterocycles. The number of rotatable bonds is 34. The first-order valence-electron chi connectivity index (χ1n) is 18.9. The molecule has 0 bridgehead atoms. The molecule has 0 heterocycles. The Balaban J connectivity index is 0. The molecule has 0 aliphatic carbocycles. The van der Waals surface area contributed by atoms with Crippen LogP contribution in [0, 0.1) is 0 Å². The predicted molar refractivity (Wildman–Crippen MR) is 191 cm³/mol. The predicted octanol–water partition coefficient (Wildman–Crippen LogP) is 14.2. The van der Waals surface area contributed by atoms with Crippen LogP contribution in [-0.4, -0.2) is 31.7 Å². The molecule has 0 N–H and O–H groups in total. The van der Waals surface area contributed by atoms with Gasteiger partial charge in [-0.1, -0.05) is 194 Å². The summed E-state index contributed by atoms with van der Waals surface area (Å²) in [5, 5.41) is 0. The van der Waals surface area contributed by atoms with Gasteiger partial charge in [0.15, 0.2) is 0 Å². The SMILES string of the molecule is Br.CCCCCCCCCCCCCCCCCC[N+](C)(C)CCCCCCCCCCCCCCCCCC. The van der Waals surface area contributed by atoms with E-state index in [1.165, 1.54) is 223 Å². The fourth-order valence-electron chi connectivity index (χ4n) is 6.29. The van der Waals surface area contributed by atoms with Crippen LogP contribution in [0.3, 0.4) is 0 Å². The lowest BCUT2D eigenvalue weighted by Crippen LogP contribution is -2.41. The molecule has 0 rings (SSSR count). The summed E-state index contributed by atoms with van der Waals surface area (Å²) < 4.78 is 1.25. The van der Waals surface area contributed by atoms with Crippen LogP contribution in [0.4, 0.5) is 0 Å². The molecule has 0 unspecified atom stereocenters. The number of nitrogens with zero attached hydrogens (tertiary/aromatic N) is 1. The highest BCUT2D eigenvalue weighted by Gasteiger charge is 2.13. The van der Waals surface area contributed by atoms with Crippen molar-refractivity contribution in [3.05, 3.63) is 0 Å². The first kappa shape index (κ1) is 42.6. The molecule has 0 aliphatic heterocycles. The van der Waals surface area contributed by atoms with Crippen molar-refractivity contribution < 1.29 is 4.48 Å². The van der Waals surface area contributed by atoms with Crippen molar-refractivity contribution in [1.82, 2.24) is 0 Å². The van der Waals surface area contributed by atoms with Crippen molar-refractivity contribution in [3.8, 4) is 0 Å². The van der Waals surface area contributed by atoms with E-state index in [2.05, 4.69) is 27.9 Å². The molecule has 0 saturated carbocycles. The second-order valence-corrected chi connectivity index (χ2v) is 14.0. The van der Waals surface area contributed by atoms with E-state index in [4.69, 9.17) is 0 Å². The van der Waals surface area contributed by atoms with E-state index in [1.807, 2.05) is 0 Å². The molecule has 0 aromatic carbocycles. The van der Waals surface area contributed by atoms with Crippen LogP contribution in [0.25, 0.3) is 0 Å². The second kappa shape index (κ2) is 35.6. The summed E-state index contributed by atoms with van der Waals surface area (Å²) in [6.07, 6.45) is 46.9. The van der Waals surface area contributed by atoms with Crippen molar-refractivity contribution in [1.29, 1.82) is 0 Å². The molecular formula is C38H81BrN+. The quantitative estimate of drug-likeness (QED) is 0.0490. The highest BCUT2D eigenvalue weighted by Crippen LogP contribution is 2.16. The lowest BCUT2D eigenvalue weighted by molar-refractivity contribution is -0.890. The Hall–Kier alpha value is 0.440. The molecule has 0 saturated heterocycles. The Labute approximate surface area is 267 Å². The number of quaternary nitrogens is 1. The minimum absolute atomic E-state index is 0.